The first-order valence-corrected chi connectivity index (χ1v) is 12.6. The van der Waals surface area contributed by atoms with E-state index in [1.54, 1.807) is 18.2 Å². The van der Waals surface area contributed by atoms with Crippen molar-refractivity contribution in [1.82, 2.24) is 0 Å². The van der Waals surface area contributed by atoms with Crippen LogP contribution in [0.3, 0.4) is 0 Å². The minimum Gasteiger partial charge on any atom is -0.326 e. The van der Waals surface area contributed by atoms with E-state index in [0.29, 0.717) is 15.6 Å². The number of rotatable bonds is 6. The van der Waals surface area contributed by atoms with Gasteiger partial charge in [0.1, 0.15) is 10.2 Å². The highest BCUT2D eigenvalue weighted by molar-refractivity contribution is 6.53. The molecule has 6 nitrogen and oxygen atoms in total. The zero-order valence-electron chi connectivity index (χ0n) is 18.8. The summed E-state index contributed by atoms with van der Waals surface area (Å²) in [5, 5.41) is 8.60. The van der Waals surface area contributed by atoms with Crippen LogP contribution in [0.4, 0.5) is 21.5 Å². The second-order valence-corrected chi connectivity index (χ2v) is 11.1. The molecular weight excluding hydrogens is 587 g/mol. The fourth-order valence-corrected chi connectivity index (χ4v) is 5.50. The third-order valence-corrected chi connectivity index (χ3v) is 7.31. The molecule has 0 aromatic heterocycles. The lowest BCUT2D eigenvalue weighted by atomic mass is 10.1. The van der Waals surface area contributed by atoms with Crippen LogP contribution in [0.15, 0.2) is 54.6 Å². The number of benzene rings is 3. The maximum absolute atomic E-state index is 13.6. The quantitative estimate of drug-likeness (QED) is 0.255. The van der Waals surface area contributed by atoms with Crippen molar-refractivity contribution in [3.8, 4) is 0 Å². The van der Waals surface area contributed by atoms with Crippen molar-refractivity contribution >= 4 is 92.8 Å². The summed E-state index contributed by atoms with van der Waals surface area (Å²) in [7, 11) is 0. The lowest BCUT2D eigenvalue weighted by Crippen LogP contribution is -2.19. The van der Waals surface area contributed by atoms with Gasteiger partial charge in [0.25, 0.3) is 5.91 Å². The van der Waals surface area contributed by atoms with E-state index in [-0.39, 0.29) is 27.6 Å². The van der Waals surface area contributed by atoms with E-state index in [2.05, 4.69) is 16.0 Å². The summed E-state index contributed by atoms with van der Waals surface area (Å²) in [5.41, 5.74) is 1.13. The molecule has 3 N–H and O–H groups in total. The van der Waals surface area contributed by atoms with E-state index in [1.165, 1.54) is 31.2 Å². The summed E-state index contributed by atoms with van der Waals surface area (Å²) in [5.74, 6) is -3.53. The highest BCUT2D eigenvalue weighted by Gasteiger charge is 2.67. The Balaban J connectivity index is 1.52. The maximum atomic E-state index is 13.6. The molecule has 12 heteroatoms. The van der Waals surface area contributed by atoms with Crippen molar-refractivity contribution in [2.75, 3.05) is 16.0 Å². The minimum atomic E-state index is -1.38. The van der Waals surface area contributed by atoms with E-state index < -0.39 is 39.7 Å². The zero-order chi connectivity index (χ0) is 27.1. The summed E-state index contributed by atoms with van der Waals surface area (Å²) < 4.78 is 12.3. The van der Waals surface area contributed by atoms with Gasteiger partial charge >= 0.3 is 0 Å². The molecule has 1 aliphatic carbocycles. The predicted octanol–water partition coefficient (Wildman–Crippen LogP) is 7.52. The van der Waals surface area contributed by atoms with Crippen molar-refractivity contribution in [2.45, 2.75) is 17.2 Å². The maximum Gasteiger partial charge on any atom is 0.257 e. The first-order valence-electron chi connectivity index (χ1n) is 10.7. The Labute approximate surface area is 236 Å². The Morgan fingerprint density at radius 1 is 0.838 bits per heavy atom. The van der Waals surface area contributed by atoms with Gasteiger partial charge in [-0.25, -0.2) is 4.39 Å². The number of halogens is 6. The molecule has 4 rings (SSSR count). The number of carbonyl (C=O) groups excluding carboxylic acids is 3. The lowest BCUT2D eigenvalue weighted by Gasteiger charge is -2.13. The van der Waals surface area contributed by atoms with E-state index in [9.17, 15) is 18.8 Å². The van der Waals surface area contributed by atoms with Crippen LogP contribution in [0.5, 0.6) is 0 Å². The number of nitrogens with one attached hydrogen (secondary N) is 3. The molecule has 3 aromatic carbocycles. The highest BCUT2D eigenvalue weighted by atomic mass is 35.5. The molecule has 2 atom stereocenters. The molecule has 1 saturated carbocycles. The van der Waals surface area contributed by atoms with Gasteiger partial charge in [0.15, 0.2) is 0 Å². The van der Waals surface area contributed by atoms with Crippen molar-refractivity contribution < 1.29 is 18.8 Å². The average Bonchev–Trinajstić information content (AvgIpc) is 3.38. The Kier molecular flexibility index (Phi) is 7.93. The molecule has 3 amide bonds. The summed E-state index contributed by atoms with van der Waals surface area (Å²) in [6.45, 7) is 1.25. The van der Waals surface area contributed by atoms with Crippen LogP contribution in [0.1, 0.15) is 28.8 Å². The molecule has 0 spiro atoms. The fraction of sp³-hybridized carbons (Fsp3) is 0.160. The van der Waals surface area contributed by atoms with Gasteiger partial charge < -0.3 is 16.0 Å². The van der Waals surface area contributed by atoms with Crippen LogP contribution in [0, 0.1) is 11.7 Å². The normalized spacial score (nSPS) is 17.6. The van der Waals surface area contributed by atoms with Gasteiger partial charge in [-0.2, -0.15) is 0 Å². The van der Waals surface area contributed by atoms with E-state index >= 15 is 0 Å². The number of amides is 3. The molecule has 0 heterocycles. The van der Waals surface area contributed by atoms with E-state index in [4.69, 9.17) is 58.0 Å². The second kappa shape index (κ2) is 10.7. The fourth-order valence-electron chi connectivity index (χ4n) is 3.93. The largest absolute Gasteiger partial charge is 0.326 e. The van der Waals surface area contributed by atoms with Gasteiger partial charge in [0.2, 0.25) is 11.8 Å². The van der Waals surface area contributed by atoms with Crippen LogP contribution >= 0.6 is 58.0 Å². The molecule has 1 aliphatic rings. The molecule has 0 aliphatic heterocycles. The predicted molar refractivity (Wildman–Crippen MR) is 146 cm³/mol. The number of carbonyl (C=O) groups is 3. The molecule has 3 aromatic rings. The highest BCUT2D eigenvalue weighted by Crippen LogP contribution is 2.65. The van der Waals surface area contributed by atoms with Gasteiger partial charge in [0, 0.05) is 28.6 Å². The summed E-state index contributed by atoms with van der Waals surface area (Å²) in [6.07, 6.45) is 0. The monoisotopic (exact) mass is 601 g/mol. The van der Waals surface area contributed by atoms with Gasteiger partial charge in [-0.1, -0.05) is 34.8 Å². The van der Waals surface area contributed by atoms with Crippen LogP contribution < -0.4 is 16.0 Å². The molecule has 0 bridgehead atoms. The van der Waals surface area contributed by atoms with Crippen molar-refractivity contribution in [2.24, 2.45) is 5.92 Å². The standard InChI is InChI=1S/C25H17Cl5FN3O3/c1-11(35)32-20-9-15(31)2-5-19(20)34-23(36)17-10-16(3-4-18(17)28)33-24(37)22-21(25(22,29)30)12-6-13(26)8-14(27)7-12/h2-10,21-22H,1H3,(H,32,35)(H,33,37)(H,34,36). The van der Waals surface area contributed by atoms with Gasteiger partial charge in [-0.05, 0) is 60.2 Å². The van der Waals surface area contributed by atoms with Crippen molar-refractivity contribution in [3.05, 3.63) is 86.6 Å². The van der Waals surface area contributed by atoms with E-state index in [0.717, 1.165) is 12.1 Å². The minimum absolute atomic E-state index is 0.0227. The molecule has 1 fully saturated rings. The van der Waals surface area contributed by atoms with E-state index in [1.807, 2.05) is 0 Å². The topological polar surface area (TPSA) is 87.3 Å². The van der Waals surface area contributed by atoms with Gasteiger partial charge in [0.05, 0.1) is 27.9 Å². The van der Waals surface area contributed by atoms with Gasteiger partial charge in [-0.15, -0.1) is 23.2 Å². The summed E-state index contributed by atoms with van der Waals surface area (Å²) in [4.78, 5) is 37.4. The van der Waals surface area contributed by atoms with Crippen molar-refractivity contribution in [1.29, 1.82) is 0 Å². The number of alkyl halides is 2. The van der Waals surface area contributed by atoms with Gasteiger partial charge in [-0.3, -0.25) is 14.4 Å². The Morgan fingerprint density at radius 3 is 2.16 bits per heavy atom. The second-order valence-electron chi connectivity index (χ2n) is 8.34. The molecular formula is C25H17Cl5FN3O3. The van der Waals surface area contributed by atoms with Crippen LogP contribution in [-0.2, 0) is 9.59 Å². The summed E-state index contributed by atoms with van der Waals surface area (Å²) in [6, 6.07) is 12.6. The zero-order valence-corrected chi connectivity index (χ0v) is 22.6. The molecule has 0 radical (unpaired) electrons. The summed E-state index contributed by atoms with van der Waals surface area (Å²) >= 11 is 31.2. The number of hydrogen-bond acceptors (Lipinski definition) is 3. The van der Waals surface area contributed by atoms with Crippen LogP contribution in [0.25, 0.3) is 0 Å². The average molecular weight is 604 g/mol. The molecule has 2 unspecified atom stereocenters. The molecule has 37 heavy (non-hydrogen) atoms. The Morgan fingerprint density at radius 2 is 1.51 bits per heavy atom. The molecule has 0 saturated heterocycles. The number of anilines is 3. The Bertz CT molecular complexity index is 1410. The molecule has 192 valence electrons. The van der Waals surface area contributed by atoms with Crippen LogP contribution in [0.2, 0.25) is 15.1 Å². The first-order chi connectivity index (χ1) is 17.4. The third kappa shape index (κ3) is 6.13. The van der Waals surface area contributed by atoms with Crippen LogP contribution in [-0.4, -0.2) is 22.1 Å². The number of hydrogen-bond donors (Lipinski definition) is 3. The Hall–Kier alpha value is -2.55. The smallest absolute Gasteiger partial charge is 0.257 e. The third-order valence-electron chi connectivity index (χ3n) is 5.60. The SMILES string of the molecule is CC(=O)Nc1cc(F)ccc1NC(=O)c1cc(NC(=O)C2C(c3cc(Cl)cc(Cl)c3)C2(Cl)Cl)ccc1Cl. The lowest BCUT2D eigenvalue weighted by molar-refractivity contribution is -0.117. The first kappa shape index (κ1) is 27.5. The van der Waals surface area contributed by atoms with Crippen molar-refractivity contribution in [3.63, 3.8) is 0 Å².